The molecule has 0 atom stereocenters. The van der Waals surface area contributed by atoms with Gasteiger partial charge in [-0.15, -0.1) is 0 Å². The molecule has 138 valence electrons. The van der Waals surface area contributed by atoms with E-state index in [1.165, 1.54) is 24.5 Å². The fraction of sp³-hybridized carbons (Fsp3) is 0.333. The molecule has 2 aromatic rings. The standard InChI is InChI=1S/C18H22N4O3S/c1-22(16-8-12-20-13-9-16)18(23)14-2-4-17(5-3-14)26(24,25)21-15-6-10-19-11-7-15/h2-7,10-11,16,20H,8-9,12-13H2,1H3,(H,19,21). The third kappa shape index (κ3) is 4.20. The summed E-state index contributed by atoms with van der Waals surface area (Å²) in [5.41, 5.74) is 0.916. The van der Waals surface area contributed by atoms with Crippen molar-refractivity contribution in [3.8, 4) is 0 Å². The number of nitrogens with one attached hydrogen (secondary N) is 2. The van der Waals surface area contributed by atoms with Gasteiger partial charge in [-0.3, -0.25) is 14.5 Å². The second-order valence-corrected chi connectivity index (χ2v) is 7.95. The van der Waals surface area contributed by atoms with Crippen LogP contribution < -0.4 is 10.0 Å². The first-order valence-electron chi connectivity index (χ1n) is 8.48. The highest BCUT2D eigenvalue weighted by atomic mass is 32.2. The van der Waals surface area contributed by atoms with Gasteiger partial charge in [0.05, 0.1) is 10.6 Å². The molecule has 1 saturated heterocycles. The lowest BCUT2D eigenvalue weighted by Gasteiger charge is -2.31. The normalized spacial score (nSPS) is 15.4. The Bertz CT molecular complexity index is 848. The lowest BCUT2D eigenvalue weighted by atomic mass is 10.0. The Labute approximate surface area is 153 Å². The van der Waals surface area contributed by atoms with Gasteiger partial charge in [0.2, 0.25) is 0 Å². The Kier molecular flexibility index (Phi) is 5.53. The molecule has 1 aromatic carbocycles. The van der Waals surface area contributed by atoms with Crippen molar-refractivity contribution < 1.29 is 13.2 Å². The van der Waals surface area contributed by atoms with Gasteiger partial charge in [-0.05, 0) is 62.3 Å². The molecule has 7 nitrogen and oxygen atoms in total. The lowest BCUT2D eigenvalue weighted by Crippen LogP contribution is -2.43. The molecule has 8 heteroatoms. The zero-order valence-electron chi connectivity index (χ0n) is 14.6. The van der Waals surface area contributed by atoms with E-state index in [9.17, 15) is 13.2 Å². The SMILES string of the molecule is CN(C(=O)c1ccc(S(=O)(=O)Nc2ccncc2)cc1)C1CCNCC1. The molecular weight excluding hydrogens is 352 g/mol. The van der Waals surface area contributed by atoms with Crippen LogP contribution in [0.25, 0.3) is 0 Å². The van der Waals surface area contributed by atoms with E-state index in [4.69, 9.17) is 0 Å². The molecular formula is C18H22N4O3S. The predicted octanol–water partition coefficient (Wildman–Crippen LogP) is 1.71. The van der Waals surface area contributed by atoms with Crippen LogP contribution in [0.1, 0.15) is 23.2 Å². The number of amides is 1. The molecule has 0 spiro atoms. The number of aromatic nitrogens is 1. The van der Waals surface area contributed by atoms with E-state index in [0.717, 1.165) is 25.9 Å². The van der Waals surface area contributed by atoms with E-state index in [-0.39, 0.29) is 16.8 Å². The van der Waals surface area contributed by atoms with Gasteiger partial charge in [0, 0.05) is 31.0 Å². The van der Waals surface area contributed by atoms with E-state index >= 15 is 0 Å². The highest BCUT2D eigenvalue weighted by molar-refractivity contribution is 7.92. The summed E-state index contributed by atoms with van der Waals surface area (Å²) in [4.78, 5) is 18.3. The van der Waals surface area contributed by atoms with Crippen molar-refractivity contribution in [1.82, 2.24) is 15.2 Å². The van der Waals surface area contributed by atoms with E-state index < -0.39 is 10.0 Å². The number of nitrogens with zero attached hydrogens (tertiary/aromatic N) is 2. The Morgan fingerprint density at radius 3 is 2.35 bits per heavy atom. The fourth-order valence-corrected chi connectivity index (χ4v) is 4.03. The maximum atomic E-state index is 12.6. The van der Waals surface area contributed by atoms with Gasteiger partial charge < -0.3 is 10.2 Å². The van der Waals surface area contributed by atoms with Gasteiger partial charge in [0.25, 0.3) is 15.9 Å². The zero-order valence-corrected chi connectivity index (χ0v) is 15.4. The third-order valence-electron chi connectivity index (χ3n) is 4.52. The molecule has 0 bridgehead atoms. The third-order valence-corrected chi connectivity index (χ3v) is 5.92. The minimum Gasteiger partial charge on any atom is -0.339 e. The van der Waals surface area contributed by atoms with Crippen molar-refractivity contribution in [2.24, 2.45) is 0 Å². The second kappa shape index (κ2) is 7.84. The smallest absolute Gasteiger partial charge is 0.261 e. The summed E-state index contributed by atoms with van der Waals surface area (Å²) in [7, 11) is -1.91. The fourth-order valence-electron chi connectivity index (χ4n) is 2.97. The first-order valence-corrected chi connectivity index (χ1v) is 9.96. The number of pyridine rings is 1. The summed E-state index contributed by atoms with van der Waals surface area (Å²) < 4.78 is 27.3. The number of carbonyl (C=O) groups is 1. The summed E-state index contributed by atoms with van der Waals surface area (Å²) in [6.07, 6.45) is 4.86. The van der Waals surface area contributed by atoms with Crippen LogP contribution >= 0.6 is 0 Å². The quantitative estimate of drug-likeness (QED) is 0.831. The first kappa shape index (κ1) is 18.3. The van der Waals surface area contributed by atoms with Crippen molar-refractivity contribution in [2.45, 2.75) is 23.8 Å². The zero-order chi connectivity index (χ0) is 18.6. The lowest BCUT2D eigenvalue weighted by molar-refractivity contribution is 0.0703. The molecule has 1 aliphatic rings. The summed E-state index contributed by atoms with van der Waals surface area (Å²) in [5.74, 6) is -0.0945. The van der Waals surface area contributed by atoms with Crippen LogP contribution in [0.2, 0.25) is 0 Å². The van der Waals surface area contributed by atoms with Crippen molar-refractivity contribution in [2.75, 3.05) is 24.9 Å². The molecule has 2 heterocycles. The van der Waals surface area contributed by atoms with Crippen LogP contribution in [-0.4, -0.2) is 50.4 Å². The Balaban J connectivity index is 1.72. The van der Waals surface area contributed by atoms with Gasteiger partial charge in [0.1, 0.15) is 0 Å². The Morgan fingerprint density at radius 1 is 1.12 bits per heavy atom. The van der Waals surface area contributed by atoms with Gasteiger partial charge in [-0.2, -0.15) is 0 Å². The van der Waals surface area contributed by atoms with Crippen LogP contribution in [0, 0.1) is 0 Å². The van der Waals surface area contributed by atoms with Crippen LogP contribution in [-0.2, 0) is 10.0 Å². The van der Waals surface area contributed by atoms with E-state index in [0.29, 0.717) is 11.3 Å². The molecule has 1 amide bonds. The highest BCUT2D eigenvalue weighted by Crippen LogP contribution is 2.18. The van der Waals surface area contributed by atoms with Gasteiger partial charge in [-0.1, -0.05) is 0 Å². The van der Waals surface area contributed by atoms with Gasteiger partial charge in [-0.25, -0.2) is 8.42 Å². The molecule has 1 fully saturated rings. The predicted molar refractivity (Wildman–Crippen MR) is 99.5 cm³/mol. The number of carbonyl (C=O) groups excluding carboxylic acids is 1. The molecule has 1 aliphatic heterocycles. The monoisotopic (exact) mass is 374 g/mol. The van der Waals surface area contributed by atoms with Crippen LogP contribution in [0.5, 0.6) is 0 Å². The number of rotatable bonds is 5. The highest BCUT2D eigenvalue weighted by Gasteiger charge is 2.23. The summed E-state index contributed by atoms with van der Waals surface area (Å²) in [5, 5.41) is 3.28. The van der Waals surface area contributed by atoms with E-state index in [1.807, 2.05) is 0 Å². The number of hydrogen-bond acceptors (Lipinski definition) is 5. The summed E-state index contributed by atoms with van der Waals surface area (Å²) >= 11 is 0. The topological polar surface area (TPSA) is 91.4 Å². The van der Waals surface area contributed by atoms with Crippen LogP contribution in [0.15, 0.2) is 53.7 Å². The molecule has 1 aromatic heterocycles. The van der Waals surface area contributed by atoms with Crippen molar-refractivity contribution in [3.63, 3.8) is 0 Å². The second-order valence-electron chi connectivity index (χ2n) is 6.26. The number of piperidine rings is 1. The largest absolute Gasteiger partial charge is 0.339 e. The van der Waals surface area contributed by atoms with Crippen molar-refractivity contribution in [3.05, 3.63) is 54.4 Å². The summed E-state index contributed by atoms with van der Waals surface area (Å²) in [6, 6.07) is 9.37. The Hall–Kier alpha value is -2.45. The average molecular weight is 374 g/mol. The van der Waals surface area contributed by atoms with E-state index in [1.54, 1.807) is 36.2 Å². The molecule has 26 heavy (non-hydrogen) atoms. The minimum atomic E-state index is -3.71. The number of anilines is 1. The van der Waals surface area contributed by atoms with E-state index in [2.05, 4.69) is 15.0 Å². The summed E-state index contributed by atoms with van der Waals surface area (Å²) in [6.45, 7) is 1.81. The molecule has 0 saturated carbocycles. The van der Waals surface area contributed by atoms with Gasteiger partial charge in [0.15, 0.2) is 0 Å². The van der Waals surface area contributed by atoms with Gasteiger partial charge >= 0.3 is 0 Å². The number of sulfonamides is 1. The molecule has 2 N–H and O–H groups in total. The Morgan fingerprint density at radius 2 is 1.73 bits per heavy atom. The maximum absolute atomic E-state index is 12.6. The number of benzene rings is 1. The molecule has 3 rings (SSSR count). The van der Waals surface area contributed by atoms with Crippen LogP contribution in [0.3, 0.4) is 0 Å². The molecule has 0 radical (unpaired) electrons. The van der Waals surface area contributed by atoms with Crippen molar-refractivity contribution >= 4 is 21.6 Å². The van der Waals surface area contributed by atoms with Crippen molar-refractivity contribution in [1.29, 1.82) is 0 Å². The van der Waals surface area contributed by atoms with Crippen LogP contribution in [0.4, 0.5) is 5.69 Å². The maximum Gasteiger partial charge on any atom is 0.261 e. The minimum absolute atomic E-state index is 0.0945. The average Bonchev–Trinajstić information content (AvgIpc) is 2.68. The molecule has 0 unspecified atom stereocenters. The number of hydrogen-bond donors (Lipinski definition) is 2. The first-order chi connectivity index (χ1) is 12.5. The molecule has 0 aliphatic carbocycles.